The van der Waals surface area contributed by atoms with Crippen LogP contribution in [-0.4, -0.2) is 27.0 Å². The lowest BCUT2D eigenvalue weighted by Crippen LogP contribution is -2.35. The monoisotopic (exact) mass is 315 g/mol. The number of rotatable bonds is 4. The highest BCUT2D eigenvalue weighted by Crippen LogP contribution is 2.14. The Kier molecular flexibility index (Phi) is 5.10. The number of nitrogens with one attached hydrogen (secondary N) is 3. The number of H-pyrrole nitrogens is 1. The molecule has 2 aromatic rings. The van der Waals surface area contributed by atoms with Crippen molar-refractivity contribution < 1.29 is 9.59 Å². The van der Waals surface area contributed by atoms with Crippen molar-refractivity contribution in [3.63, 3.8) is 0 Å². The summed E-state index contributed by atoms with van der Waals surface area (Å²) in [7, 11) is 0. The maximum absolute atomic E-state index is 11.9. The van der Waals surface area contributed by atoms with Gasteiger partial charge in [0.15, 0.2) is 5.82 Å². The van der Waals surface area contributed by atoms with E-state index in [1.807, 2.05) is 39.8 Å². The van der Waals surface area contributed by atoms with E-state index in [0.717, 1.165) is 11.1 Å². The molecule has 0 fully saturated rings. The summed E-state index contributed by atoms with van der Waals surface area (Å²) in [5.74, 6) is -0.0405. The largest absolute Gasteiger partial charge is 0.341 e. The summed E-state index contributed by atoms with van der Waals surface area (Å²) >= 11 is 0. The van der Waals surface area contributed by atoms with Crippen molar-refractivity contribution in [1.29, 1.82) is 0 Å². The van der Waals surface area contributed by atoms with Gasteiger partial charge in [0.1, 0.15) is 5.82 Å². The molecule has 0 atom stereocenters. The van der Waals surface area contributed by atoms with Crippen molar-refractivity contribution >= 4 is 17.5 Å². The van der Waals surface area contributed by atoms with Gasteiger partial charge in [0.25, 0.3) is 0 Å². The van der Waals surface area contributed by atoms with Crippen LogP contribution in [0.4, 0.5) is 5.69 Å². The third-order valence-corrected chi connectivity index (χ3v) is 3.45. The Bertz CT molecular complexity index is 721. The lowest BCUT2D eigenvalue weighted by Gasteiger charge is -2.07. The first-order chi connectivity index (χ1) is 10.9. The first kappa shape index (κ1) is 16.7. The topological polar surface area (TPSA) is 99.8 Å². The van der Waals surface area contributed by atoms with Gasteiger partial charge in [-0.1, -0.05) is 19.9 Å². The van der Waals surface area contributed by atoms with Crippen molar-refractivity contribution in [2.45, 2.75) is 40.2 Å². The predicted molar refractivity (Wildman–Crippen MR) is 86.9 cm³/mol. The normalized spacial score (nSPS) is 10.7. The quantitative estimate of drug-likeness (QED) is 0.749. The summed E-state index contributed by atoms with van der Waals surface area (Å²) in [6.07, 6.45) is 0. The zero-order chi connectivity index (χ0) is 17.0. The molecule has 1 aromatic heterocycles. The molecule has 7 heteroatoms. The van der Waals surface area contributed by atoms with Crippen molar-refractivity contribution in [1.82, 2.24) is 20.5 Å². The molecule has 1 aromatic carbocycles. The molecular weight excluding hydrogens is 294 g/mol. The second-order valence-electron chi connectivity index (χ2n) is 5.73. The zero-order valence-corrected chi connectivity index (χ0v) is 13.7. The minimum Gasteiger partial charge on any atom is -0.341 e. The lowest BCUT2D eigenvalue weighted by molar-refractivity contribution is -0.136. The molecule has 23 heavy (non-hydrogen) atoms. The van der Waals surface area contributed by atoms with E-state index in [2.05, 4.69) is 25.8 Å². The minimum absolute atomic E-state index is 0.124. The zero-order valence-electron chi connectivity index (χ0n) is 13.7. The molecule has 0 aliphatic heterocycles. The molecule has 0 bridgehead atoms. The van der Waals surface area contributed by atoms with E-state index >= 15 is 0 Å². The minimum atomic E-state index is -0.717. The predicted octanol–water partition coefficient (Wildman–Crippen LogP) is 1.80. The summed E-state index contributed by atoms with van der Waals surface area (Å²) in [4.78, 5) is 27.9. The Balaban J connectivity index is 1.89. The van der Waals surface area contributed by atoms with Gasteiger partial charge in [0.05, 0.1) is 6.54 Å². The maximum Gasteiger partial charge on any atom is 0.313 e. The van der Waals surface area contributed by atoms with Crippen LogP contribution in [0.15, 0.2) is 18.2 Å². The number of anilines is 1. The van der Waals surface area contributed by atoms with Gasteiger partial charge < -0.3 is 10.6 Å². The van der Waals surface area contributed by atoms with Gasteiger partial charge in [-0.2, -0.15) is 5.10 Å². The molecule has 0 aliphatic rings. The van der Waals surface area contributed by atoms with E-state index < -0.39 is 11.8 Å². The van der Waals surface area contributed by atoms with Crippen LogP contribution in [-0.2, 0) is 16.1 Å². The number of aromatic nitrogens is 3. The molecule has 3 N–H and O–H groups in total. The van der Waals surface area contributed by atoms with Crippen LogP contribution in [0.5, 0.6) is 0 Å². The fourth-order valence-corrected chi connectivity index (χ4v) is 1.90. The number of carbonyl (C=O) groups excluding carboxylic acids is 2. The molecule has 0 aliphatic carbocycles. The first-order valence-corrected chi connectivity index (χ1v) is 7.44. The molecule has 0 spiro atoms. The molecule has 0 radical (unpaired) electrons. The Hall–Kier alpha value is -2.70. The molecule has 0 unspecified atom stereocenters. The fourth-order valence-electron chi connectivity index (χ4n) is 1.90. The number of aryl methyl sites for hydroxylation is 2. The van der Waals surface area contributed by atoms with Crippen LogP contribution in [0.3, 0.4) is 0 Å². The Morgan fingerprint density at radius 1 is 1.17 bits per heavy atom. The van der Waals surface area contributed by atoms with E-state index in [0.29, 0.717) is 17.3 Å². The average Bonchev–Trinajstić information content (AvgIpc) is 2.97. The number of benzene rings is 1. The number of hydrogen-bond acceptors (Lipinski definition) is 4. The van der Waals surface area contributed by atoms with Crippen LogP contribution in [0.25, 0.3) is 0 Å². The third kappa shape index (κ3) is 4.38. The van der Waals surface area contributed by atoms with E-state index in [1.54, 1.807) is 6.07 Å². The van der Waals surface area contributed by atoms with Gasteiger partial charge in [-0.25, -0.2) is 4.98 Å². The Morgan fingerprint density at radius 2 is 1.91 bits per heavy atom. The number of carbonyl (C=O) groups is 2. The number of aromatic amines is 1. The maximum atomic E-state index is 11.9. The summed E-state index contributed by atoms with van der Waals surface area (Å²) < 4.78 is 0. The SMILES string of the molecule is Cc1ccc(NC(=O)C(=O)NCc2nc(C(C)C)n[nH]2)cc1C. The van der Waals surface area contributed by atoms with Crippen LogP contribution in [0.2, 0.25) is 0 Å². The van der Waals surface area contributed by atoms with E-state index in [9.17, 15) is 9.59 Å². The van der Waals surface area contributed by atoms with Gasteiger partial charge in [0, 0.05) is 11.6 Å². The summed E-state index contributed by atoms with van der Waals surface area (Å²) in [5, 5.41) is 11.9. The summed E-state index contributed by atoms with van der Waals surface area (Å²) in [5.41, 5.74) is 2.76. The van der Waals surface area contributed by atoms with Crippen LogP contribution in [0.1, 0.15) is 42.5 Å². The summed E-state index contributed by atoms with van der Waals surface area (Å²) in [6.45, 7) is 8.00. The van der Waals surface area contributed by atoms with E-state index in [4.69, 9.17) is 0 Å². The van der Waals surface area contributed by atoms with Crippen LogP contribution >= 0.6 is 0 Å². The van der Waals surface area contributed by atoms with Gasteiger partial charge in [-0.3, -0.25) is 14.7 Å². The molecule has 122 valence electrons. The van der Waals surface area contributed by atoms with Crippen molar-refractivity contribution in [2.24, 2.45) is 0 Å². The standard InChI is InChI=1S/C16H21N5O2/c1-9(2)14-19-13(20-21-14)8-17-15(22)16(23)18-12-6-5-10(3)11(4)7-12/h5-7,9H,8H2,1-4H3,(H,17,22)(H,18,23)(H,19,20,21). The molecule has 0 saturated carbocycles. The van der Waals surface area contributed by atoms with Gasteiger partial charge >= 0.3 is 11.8 Å². The molecule has 0 saturated heterocycles. The van der Waals surface area contributed by atoms with E-state index in [1.165, 1.54) is 0 Å². The average molecular weight is 315 g/mol. The molecule has 7 nitrogen and oxygen atoms in total. The second kappa shape index (κ2) is 7.04. The molecule has 2 amide bonds. The van der Waals surface area contributed by atoms with Gasteiger partial charge in [0.2, 0.25) is 0 Å². The molecule has 2 rings (SSSR count). The van der Waals surface area contributed by atoms with Crippen LogP contribution < -0.4 is 10.6 Å². The van der Waals surface area contributed by atoms with Crippen molar-refractivity contribution in [3.05, 3.63) is 41.0 Å². The smallest absolute Gasteiger partial charge is 0.313 e. The van der Waals surface area contributed by atoms with Crippen molar-refractivity contribution in [2.75, 3.05) is 5.32 Å². The molecular formula is C16H21N5O2. The van der Waals surface area contributed by atoms with E-state index in [-0.39, 0.29) is 12.5 Å². The fraction of sp³-hybridized carbons (Fsp3) is 0.375. The van der Waals surface area contributed by atoms with Gasteiger partial charge in [-0.05, 0) is 37.1 Å². The second-order valence-corrected chi connectivity index (χ2v) is 5.73. The first-order valence-electron chi connectivity index (χ1n) is 7.44. The number of amides is 2. The van der Waals surface area contributed by atoms with Gasteiger partial charge in [-0.15, -0.1) is 0 Å². The highest BCUT2D eigenvalue weighted by molar-refractivity contribution is 6.39. The Labute approximate surface area is 134 Å². The number of hydrogen-bond donors (Lipinski definition) is 3. The Morgan fingerprint density at radius 3 is 2.52 bits per heavy atom. The van der Waals surface area contributed by atoms with Crippen molar-refractivity contribution in [3.8, 4) is 0 Å². The third-order valence-electron chi connectivity index (χ3n) is 3.45. The highest BCUT2D eigenvalue weighted by Gasteiger charge is 2.15. The number of nitrogens with zero attached hydrogens (tertiary/aromatic N) is 2. The molecule has 1 heterocycles. The highest BCUT2D eigenvalue weighted by atomic mass is 16.2. The van der Waals surface area contributed by atoms with Crippen LogP contribution in [0, 0.1) is 13.8 Å². The summed E-state index contributed by atoms with van der Waals surface area (Å²) in [6, 6.07) is 5.48. The lowest BCUT2D eigenvalue weighted by atomic mass is 10.1.